The van der Waals surface area contributed by atoms with Crippen molar-refractivity contribution in [3.63, 3.8) is 0 Å². The van der Waals surface area contributed by atoms with E-state index in [4.69, 9.17) is 5.11 Å². The molecule has 1 aliphatic rings. The molecule has 1 heterocycles. The molecular formula is C8H16N2O4S. The summed E-state index contributed by atoms with van der Waals surface area (Å²) in [6.45, 7) is 2.29. The van der Waals surface area contributed by atoms with Crippen molar-refractivity contribution < 1.29 is 18.3 Å². The summed E-state index contributed by atoms with van der Waals surface area (Å²) in [6.07, 6.45) is 0.405. The summed E-state index contributed by atoms with van der Waals surface area (Å²) in [5.41, 5.74) is 0. The second-order valence-corrected chi connectivity index (χ2v) is 5.63. The van der Waals surface area contributed by atoms with Gasteiger partial charge in [-0.1, -0.05) is 0 Å². The number of nitrogens with one attached hydrogen (secondary N) is 1. The standard InChI is InChI=1S/C8H16N2O4S/c1-2-15(13,14)9-7-4-3-5-10(6-7)8(11)12/h7,9H,2-6H2,1H3,(H,11,12). The lowest BCUT2D eigenvalue weighted by Crippen LogP contribution is -2.49. The molecule has 0 aromatic heterocycles. The second kappa shape index (κ2) is 4.80. The number of piperidine rings is 1. The molecule has 7 heteroatoms. The van der Waals surface area contributed by atoms with E-state index in [0.29, 0.717) is 19.4 Å². The van der Waals surface area contributed by atoms with Crippen LogP contribution in [0.1, 0.15) is 19.8 Å². The predicted octanol–water partition coefficient (Wildman–Crippen LogP) is 0.0681. The number of carboxylic acid groups (broad SMARTS) is 1. The average molecular weight is 236 g/mol. The van der Waals surface area contributed by atoms with Gasteiger partial charge in [-0.05, 0) is 19.8 Å². The first-order valence-corrected chi connectivity index (χ1v) is 6.57. The summed E-state index contributed by atoms with van der Waals surface area (Å²) >= 11 is 0. The van der Waals surface area contributed by atoms with Gasteiger partial charge in [-0.2, -0.15) is 0 Å². The third kappa shape index (κ3) is 3.67. The van der Waals surface area contributed by atoms with E-state index in [-0.39, 0.29) is 18.3 Å². The minimum Gasteiger partial charge on any atom is -0.465 e. The quantitative estimate of drug-likeness (QED) is 0.726. The van der Waals surface area contributed by atoms with Crippen LogP contribution in [0, 0.1) is 0 Å². The zero-order valence-electron chi connectivity index (χ0n) is 8.64. The maximum absolute atomic E-state index is 11.3. The Kier molecular flexibility index (Phi) is 3.92. The molecule has 0 aliphatic carbocycles. The lowest BCUT2D eigenvalue weighted by Gasteiger charge is -2.30. The number of likely N-dealkylation sites (tertiary alicyclic amines) is 1. The van der Waals surface area contributed by atoms with Gasteiger partial charge in [-0.15, -0.1) is 0 Å². The van der Waals surface area contributed by atoms with Crippen molar-refractivity contribution in [1.82, 2.24) is 9.62 Å². The van der Waals surface area contributed by atoms with Crippen LogP contribution in [-0.2, 0) is 10.0 Å². The fourth-order valence-electron chi connectivity index (χ4n) is 1.58. The highest BCUT2D eigenvalue weighted by Gasteiger charge is 2.25. The van der Waals surface area contributed by atoms with Crippen molar-refractivity contribution >= 4 is 16.1 Å². The van der Waals surface area contributed by atoms with Crippen molar-refractivity contribution in [2.45, 2.75) is 25.8 Å². The minimum absolute atomic E-state index is 0.0244. The zero-order chi connectivity index (χ0) is 11.5. The smallest absolute Gasteiger partial charge is 0.407 e. The summed E-state index contributed by atoms with van der Waals surface area (Å²) in [6, 6.07) is -0.278. The molecule has 2 N–H and O–H groups in total. The maximum Gasteiger partial charge on any atom is 0.407 e. The van der Waals surface area contributed by atoms with Gasteiger partial charge in [0.15, 0.2) is 0 Å². The summed E-state index contributed by atoms with van der Waals surface area (Å²) in [7, 11) is -3.24. The van der Waals surface area contributed by atoms with Gasteiger partial charge in [0, 0.05) is 19.1 Å². The Hall–Kier alpha value is -0.820. The first-order chi connectivity index (χ1) is 6.94. The Balaban J connectivity index is 2.54. The van der Waals surface area contributed by atoms with Crippen LogP contribution in [0.3, 0.4) is 0 Å². The highest BCUT2D eigenvalue weighted by molar-refractivity contribution is 7.89. The molecule has 0 aromatic carbocycles. The van der Waals surface area contributed by atoms with Crippen molar-refractivity contribution in [3.8, 4) is 0 Å². The molecular weight excluding hydrogens is 220 g/mol. The average Bonchev–Trinajstić information content (AvgIpc) is 2.17. The molecule has 1 saturated heterocycles. The fraction of sp³-hybridized carbons (Fsp3) is 0.875. The third-order valence-corrected chi connectivity index (χ3v) is 3.87. The van der Waals surface area contributed by atoms with Crippen LogP contribution in [0.4, 0.5) is 4.79 Å². The van der Waals surface area contributed by atoms with Gasteiger partial charge in [-0.25, -0.2) is 17.9 Å². The van der Waals surface area contributed by atoms with Crippen LogP contribution in [0.25, 0.3) is 0 Å². The topological polar surface area (TPSA) is 86.7 Å². The number of sulfonamides is 1. The van der Waals surface area contributed by atoms with Gasteiger partial charge < -0.3 is 10.0 Å². The van der Waals surface area contributed by atoms with E-state index in [1.54, 1.807) is 6.92 Å². The molecule has 0 saturated carbocycles. The predicted molar refractivity (Wildman–Crippen MR) is 55.2 cm³/mol. The van der Waals surface area contributed by atoms with E-state index < -0.39 is 16.1 Å². The van der Waals surface area contributed by atoms with Crippen molar-refractivity contribution in [1.29, 1.82) is 0 Å². The van der Waals surface area contributed by atoms with Crippen LogP contribution in [0.15, 0.2) is 0 Å². The number of carbonyl (C=O) groups is 1. The van der Waals surface area contributed by atoms with Crippen molar-refractivity contribution in [2.75, 3.05) is 18.8 Å². The zero-order valence-corrected chi connectivity index (χ0v) is 9.46. The maximum atomic E-state index is 11.3. The number of rotatable bonds is 3. The molecule has 6 nitrogen and oxygen atoms in total. The first kappa shape index (κ1) is 12.3. The highest BCUT2D eigenvalue weighted by Crippen LogP contribution is 2.10. The Labute approximate surface area is 89.3 Å². The molecule has 1 rings (SSSR count). The van der Waals surface area contributed by atoms with E-state index in [1.807, 2.05) is 0 Å². The Morgan fingerprint density at radius 3 is 2.80 bits per heavy atom. The lowest BCUT2D eigenvalue weighted by atomic mass is 10.1. The molecule has 1 amide bonds. The lowest BCUT2D eigenvalue weighted by molar-refractivity contribution is 0.129. The number of hydrogen-bond donors (Lipinski definition) is 2. The molecule has 1 atom stereocenters. The van der Waals surface area contributed by atoms with Gasteiger partial charge in [0.05, 0.1) is 5.75 Å². The van der Waals surface area contributed by atoms with Crippen LogP contribution in [0.5, 0.6) is 0 Å². The van der Waals surface area contributed by atoms with E-state index in [9.17, 15) is 13.2 Å². The van der Waals surface area contributed by atoms with Crippen molar-refractivity contribution in [3.05, 3.63) is 0 Å². The normalized spacial score (nSPS) is 22.7. The molecule has 0 aromatic rings. The van der Waals surface area contributed by atoms with E-state index in [2.05, 4.69) is 4.72 Å². The van der Waals surface area contributed by atoms with Crippen LogP contribution in [-0.4, -0.2) is 49.4 Å². The SMILES string of the molecule is CCS(=O)(=O)NC1CCCN(C(=O)O)C1. The molecule has 1 unspecified atom stereocenters. The number of amides is 1. The summed E-state index contributed by atoms with van der Waals surface area (Å²) in [5.74, 6) is 0.0244. The summed E-state index contributed by atoms with van der Waals surface area (Å²) < 4.78 is 25.0. The summed E-state index contributed by atoms with van der Waals surface area (Å²) in [4.78, 5) is 11.9. The Morgan fingerprint density at radius 2 is 2.27 bits per heavy atom. The van der Waals surface area contributed by atoms with E-state index in [1.165, 1.54) is 4.90 Å². The molecule has 0 radical (unpaired) electrons. The largest absolute Gasteiger partial charge is 0.465 e. The van der Waals surface area contributed by atoms with Crippen LogP contribution in [0.2, 0.25) is 0 Å². The van der Waals surface area contributed by atoms with Gasteiger partial charge in [-0.3, -0.25) is 0 Å². The number of hydrogen-bond acceptors (Lipinski definition) is 3. The first-order valence-electron chi connectivity index (χ1n) is 4.92. The monoisotopic (exact) mass is 236 g/mol. The number of nitrogens with zero attached hydrogens (tertiary/aromatic N) is 1. The molecule has 0 spiro atoms. The van der Waals surface area contributed by atoms with Gasteiger partial charge >= 0.3 is 6.09 Å². The minimum atomic E-state index is -3.24. The van der Waals surface area contributed by atoms with Gasteiger partial charge in [0.25, 0.3) is 0 Å². The van der Waals surface area contributed by atoms with Gasteiger partial charge in [0.2, 0.25) is 10.0 Å². The second-order valence-electron chi connectivity index (χ2n) is 3.59. The van der Waals surface area contributed by atoms with E-state index >= 15 is 0 Å². The highest BCUT2D eigenvalue weighted by atomic mass is 32.2. The Bertz CT molecular complexity index is 328. The van der Waals surface area contributed by atoms with E-state index in [0.717, 1.165) is 0 Å². The van der Waals surface area contributed by atoms with Gasteiger partial charge in [0.1, 0.15) is 0 Å². The molecule has 1 fully saturated rings. The summed E-state index contributed by atoms with van der Waals surface area (Å²) in [5, 5.41) is 8.76. The molecule has 1 aliphatic heterocycles. The Morgan fingerprint density at radius 1 is 1.60 bits per heavy atom. The molecule has 0 bridgehead atoms. The van der Waals surface area contributed by atoms with Crippen LogP contribution < -0.4 is 4.72 Å². The molecule has 15 heavy (non-hydrogen) atoms. The van der Waals surface area contributed by atoms with Crippen LogP contribution >= 0.6 is 0 Å². The molecule has 88 valence electrons. The fourth-order valence-corrected chi connectivity index (χ4v) is 2.45. The van der Waals surface area contributed by atoms with Crippen molar-refractivity contribution in [2.24, 2.45) is 0 Å². The third-order valence-electron chi connectivity index (χ3n) is 2.42.